The standard InChI is InChI=1S/C18H18F2N2O3S/c1-11-3-4-15(7-12(11)2)22-6-5-17(18(22)23)21-26(24,25)16-9-13(19)8-14(20)10-16/h3-4,7-10,17,21H,5-6H2,1-2H3/t17-/m1/s1. The van der Waals surface area contributed by atoms with E-state index in [1.54, 1.807) is 6.07 Å². The minimum atomic E-state index is -4.22. The number of aryl methyl sites for hydroxylation is 2. The van der Waals surface area contributed by atoms with E-state index in [0.29, 0.717) is 30.4 Å². The SMILES string of the molecule is Cc1ccc(N2CC[C@@H](NS(=O)(=O)c3cc(F)cc(F)c3)C2=O)cc1C. The van der Waals surface area contributed by atoms with Gasteiger partial charge in [-0.05, 0) is 55.7 Å². The molecule has 2 aromatic rings. The van der Waals surface area contributed by atoms with Gasteiger partial charge in [0.1, 0.15) is 17.7 Å². The number of nitrogens with one attached hydrogen (secondary N) is 1. The largest absolute Gasteiger partial charge is 0.311 e. The quantitative estimate of drug-likeness (QED) is 0.887. The maximum absolute atomic E-state index is 13.3. The molecule has 0 saturated carbocycles. The number of halogens is 2. The summed E-state index contributed by atoms with van der Waals surface area (Å²) in [6, 6.07) is 6.60. The highest BCUT2D eigenvalue weighted by Gasteiger charge is 2.36. The molecule has 1 aliphatic heterocycles. The van der Waals surface area contributed by atoms with Crippen LogP contribution < -0.4 is 9.62 Å². The van der Waals surface area contributed by atoms with Crippen molar-refractivity contribution in [2.75, 3.05) is 11.4 Å². The minimum absolute atomic E-state index is 0.267. The minimum Gasteiger partial charge on any atom is -0.311 e. The van der Waals surface area contributed by atoms with Gasteiger partial charge in [0.15, 0.2) is 0 Å². The number of anilines is 1. The number of hydrogen-bond acceptors (Lipinski definition) is 3. The lowest BCUT2D eigenvalue weighted by molar-refractivity contribution is -0.118. The summed E-state index contributed by atoms with van der Waals surface area (Å²) in [4.78, 5) is 13.6. The van der Waals surface area contributed by atoms with Gasteiger partial charge in [-0.3, -0.25) is 4.79 Å². The van der Waals surface area contributed by atoms with Crippen molar-refractivity contribution in [3.05, 3.63) is 59.2 Å². The van der Waals surface area contributed by atoms with E-state index in [4.69, 9.17) is 0 Å². The lowest BCUT2D eigenvalue weighted by Crippen LogP contribution is -2.41. The third-order valence-electron chi connectivity index (χ3n) is 4.45. The zero-order valence-corrected chi connectivity index (χ0v) is 15.1. The number of sulfonamides is 1. The van der Waals surface area contributed by atoms with Gasteiger partial charge in [0.2, 0.25) is 15.9 Å². The molecule has 0 unspecified atom stereocenters. The fraction of sp³-hybridized carbons (Fsp3) is 0.278. The molecule has 0 aliphatic carbocycles. The van der Waals surface area contributed by atoms with Gasteiger partial charge in [0.25, 0.3) is 0 Å². The Morgan fingerprint density at radius 1 is 1.04 bits per heavy atom. The topological polar surface area (TPSA) is 66.5 Å². The molecule has 1 saturated heterocycles. The normalized spacial score (nSPS) is 17.8. The van der Waals surface area contributed by atoms with Crippen LogP contribution in [-0.2, 0) is 14.8 Å². The van der Waals surface area contributed by atoms with Crippen LogP contribution in [0, 0.1) is 25.5 Å². The van der Waals surface area contributed by atoms with Crippen LogP contribution in [-0.4, -0.2) is 26.9 Å². The third kappa shape index (κ3) is 3.61. The Morgan fingerprint density at radius 3 is 2.31 bits per heavy atom. The van der Waals surface area contributed by atoms with Gasteiger partial charge in [-0.25, -0.2) is 17.2 Å². The Balaban J connectivity index is 1.81. The number of benzene rings is 2. The zero-order chi connectivity index (χ0) is 19.1. The number of rotatable bonds is 4. The van der Waals surface area contributed by atoms with Gasteiger partial charge < -0.3 is 4.90 Å². The molecule has 26 heavy (non-hydrogen) atoms. The molecule has 138 valence electrons. The molecule has 3 rings (SSSR count). The predicted octanol–water partition coefficient (Wildman–Crippen LogP) is 2.67. The first-order valence-corrected chi connectivity index (χ1v) is 9.53. The molecule has 0 aromatic heterocycles. The number of carbonyl (C=O) groups is 1. The van der Waals surface area contributed by atoms with Crippen molar-refractivity contribution >= 4 is 21.6 Å². The highest BCUT2D eigenvalue weighted by molar-refractivity contribution is 7.89. The van der Waals surface area contributed by atoms with Crippen molar-refractivity contribution in [3.8, 4) is 0 Å². The number of carbonyl (C=O) groups excluding carboxylic acids is 1. The summed E-state index contributed by atoms with van der Waals surface area (Å²) >= 11 is 0. The van der Waals surface area contributed by atoms with E-state index in [-0.39, 0.29) is 6.42 Å². The van der Waals surface area contributed by atoms with Gasteiger partial charge in [-0.2, -0.15) is 4.72 Å². The summed E-state index contributed by atoms with van der Waals surface area (Å²) in [6.45, 7) is 4.24. The molecule has 0 radical (unpaired) electrons. The number of amides is 1. The van der Waals surface area contributed by atoms with E-state index in [9.17, 15) is 22.0 Å². The van der Waals surface area contributed by atoms with E-state index in [0.717, 1.165) is 11.1 Å². The van der Waals surface area contributed by atoms with Gasteiger partial charge in [0.05, 0.1) is 4.90 Å². The summed E-state index contributed by atoms with van der Waals surface area (Å²) in [5.74, 6) is -2.39. The Kier molecular flexibility index (Phi) is 4.81. The molecule has 1 fully saturated rings. The summed E-state index contributed by atoms with van der Waals surface area (Å²) in [5, 5.41) is 0. The van der Waals surface area contributed by atoms with E-state index in [2.05, 4.69) is 4.72 Å². The molecule has 0 spiro atoms. The second kappa shape index (κ2) is 6.77. The Bertz CT molecular complexity index is 956. The van der Waals surface area contributed by atoms with Gasteiger partial charge >= 0.3 is 0 Å². The first-order valence-electron chi connectivity index (χ1n) is 8.04. The smallest absolute Gasteiger partial charge is 0.245 e. The summed E-state index contributed by atoms with van der Waals surface area (Å²) in [7, 11) is -4.22. The fourth-order valence-corrected chi connectivity index (χ4v) is 4.14. The maximum Gasteiger partial charge on any atom is 0.245 e. The molecular weight excluding hydrogens is 362 g/mol. The molecule has 8 heteroatoms. The monoisotopic (exact) mass is 380 g/mol. The zero-order valence-electron chi connectivity index (χ0n) is 14.3. The van der Waals surface area contributed by atoms with Crippen LogP contribution in [0.5, 0.6) is 0 Å². The van der Waals surface area contributed by atoms with E-state index < -0.39 is 38.5 Å². The average molecular weight is 380 g/mol. The van der Waals surface area contributed by atoms with Crippen LogP contribution in [0.25, 0.3) is 0 Å². The maximum atomic E-state index is 13.3. The van der Waals surface area contributed by atoms with Crippen molar-refractivity contribution in [1.82, 2.24) is 4.72 Å². The first kappa shape index (κ1) is 18.5. The highest BCUT2D eigenvalue weighted by Crippen LogP contribution is 2.25. The van der Waals surface area contributed by atoms with Crippen LogP contribution in [0.2, 0.25) is 0 Å². The van der Waals surface area contributed by atoms with Crippen molar-refractivity contribution in [2.45, 2.75) is 31.2 Å². The Morgan fingerprint density at radius 2 is 1.69 bits per heavy atom. The molecule has 1 heterocycles. The molecular formula is C18H18F2N2O3S. The fourth-order valence-electron chi connectivity index (χ4n) is 2.88. The van der Waals surface area contributed by atoms with Crippen molar-refractivity contribution in [3.63, 3.8) is 0 Å². The average Bonchev–Trinajstić information content (AvgIpc) is 2.89. The molecule has 2 aromatic carbocycles. The second-order valence-corrected chi connectivity index (χ2v) is 8.04. The summed E-state index contributed by atoms with van der Waals surface area (Å²) in [6.07, 6.45) is 0.267. The molecule has 1 amide bonds. The van der Waals surface area contributed by atoms with E-state index in [1.807, 2.05) is 26.0 Å². The number of hydrogen-bond donors (Lipinski definition) is 1. The Labute approximate surface area is 150 Å². The second-order valence-electron chi connectivity index (χ2n) is 6.33. The highest BCUT2D eigenvalue weighted by atomic mass is 32.2. The third-order valence-corrected chi connectivity index (χ3v) is 5.90. The molecule has 1 N–H and O–H groups in total. The summed E-state index contributed by atoms with van der Waals surface area (Å²) < 4.78 is 53.6. The van der Waals surface area contributed by atoms with Crippen molar-refractivity contribution in [2.24, 2.45) is 0 Å². The molecule has 1 atom stereocenters. The summed E-state index contributed by atoms with van der Waals surface area (Å²) in [5.41, 5.74) is 2.80. The van der Waals surface area contributed by atoms with Gasteiger partial charge in [-0.15, -0.1) is 0 Å². The van der Waals surface area contributed by atoms with Crippen molar-refractivity contribution < 1.29 is 22.0 Å². The van der Waals surface area contributed by atoms with Crippen molar-refractivity contribution in [1.29, 1.82) is 0 Å². The van der Waals surface area contributed by atoms with Crippen LogP contribution in [0.4, 0.5) is 14.5 Å². The molecule has 1 aliphatic rings. The van der Waals surface area contributed by atoms with Gasteiger partial charge in [-0.1, -0.05) is 6.07 Å². The van der Waals surface area contributed by atoms with Crippen LogP contribution in [0.15, 0.2) is 41.3 Å². The number of nitrogens with zero attached hydrogens (tertiary/aromatic N) is 1. The van der Waals surface area contributed by atoms with E-state index in [1.165, 1.54) is 4.90 Å². The Hall–Kier alpha value is -2.32. The first-order chi connectivity index (χ1) is 12.2. The van der Waals surface area contributed by atoms with E-state index >= 15 is 0 Å². The van der Waals surface area contributed by atoms with Gasteiger partial charge in [0, 0.05) is 18.3 Å². The molecule has 5 nitrogen and oxygen atoms in total. The lowest BCUT2D eigenvalue weighted by atomic mass is 10.1. The van der Waals surface area contributed by atoms with Crippen LogP contribution >= 0.6 is 0 Å². The predicted molar refractivity (Wildman–Crippen MR) is 93.4 cm³/mol. The molecule has 0 bridgehead atoms. The van der Waals surface area contributed by atoms with Crippen LogP contribution in [0.3, 0.4) is 0 Å². The van der Waals surface area contributed by atoms with Crippen LogP contribution in [0.1, 0.15) is 17.5 Å². The lowest BCUT2D eigenvalue weighted by Gasteiger charge is -2.18.